The summed E-state index contributed by atoms with van der Waals surface area (Å²) in [6.45, 7) is 13.3. The van der Waals surface area contributed by atoms with Gasteiger partial charge in [0, 0.05) is 38.4 Å². The molecule has 0 spiro atoms. The normalized spacial score (nSPS) is 16.1. The summed E-state index contributed by atoms with van der Waals surface area (Å²) in [5.41, 5.74) is 3.68. The Morgan fingerprint density at radius 1 is 1.00 bits per heavy atom. The van der Waals surface area contributed by atoms with Crippen LogP contribution in [0.25, 0.3) is 0 Å². The predicted molar refractivity (Wildman–Crippen MR) is 128 cm³/mol. The van der Waals surface area contributed by atoms with Gasteiger partial charge < -0.3 is 19.9 Å². The lowest BCUT2D eigenvalue weighted by Gasteiger charge is -2.34. The van der Waals surface area contributed by atoms with Crippen molar-refractivity contribution in [1.29, 1.82) is 0 Å². The van der Waals surface area contributed by atoms with Crippen LogP contribution in [-0.2, 0) is 16.8 Å². The summed E-state index contributed by atoms with van der Waals surface area (Å²) in [5.74, 6) is 0.650. The highest BCUT2D eigenvalue weighted by atomic mass is 16.5. The van der Waals surface area contributed by atoms with Crippen LogP contribution < -0.4 is 15.0 Å². The van der Waals surface area contributed by atoms with E-state index in [0.29, 0.717) is 13.0 Å². The van der Waals surface area contributed by atoms with Crippen LogP contribution in [0.4, 0.5) is 5.69 Å². The van der Waals surface area contributed by atoms with E-state index in [4.69, 9.17) is 4.74 Å². The Morgan fingerprint density at radius 3 is 2.16 bits per heavy atom. The molecule has 1 amide bonds. The number of nitrogens with zero attached hydrogens (tertiary/aromatic N) is 2. The minimum absolute atomic E-state index is 0.0782. The van der Waals surface area contributed by atoms with E-state index in [9.17, 15) is 4.79 Å². The number of amides is 1. The third-order valence-electron chi connectivity index (χ3n) is 5.93. The highest BCUT2D eigenvalue weighted by Crippen LogP contribution is 2.25. The summed E-state index contributed by atoms with van der Waals surface area (Å²) in [6, 6.07) is 16.5. The molecule has 1 atom stereocenters. The largest absolute Gasteiger partial charge is 0.481 e. The van der Waals surface area contributed by atoms with Gasteiger partial charge in [-0.2, -0.15) is 0 Å². The highest BCUT2D eigenvalue weighted by molar-refractivity contribution is 5.81. The maximum atomic E-state index is 12.7. The third kappa shape index (κ3) is 6.47. The summed E-state index contributed by atoms with van der Waals surface area (Å²) in [5, 5.41) is 3.03. The average molecular weight is 424 g/mol. The number of nitrogens with one attached hydrogen (secondary N) is 1. The van der Waals surface area contributed by atoms with Gasteiger partial charge in [-0.1, -0.05) is 52.0 Å². The lowest BCUT2D eigenvalue weighted by molar-refractivity contribution is -0.128. The van der Waals surface area contributed by atoms with E-state index in [1.54, 1.807) is 0 Å². The Hall–Kier alpha value is -2.53. The summed E-state index contributed by atoms with van der Waals surface area (Å²) >= 11 is 0. The maximum Gasteiger partial charge on any atom is 0.261 e. The molecule has 0 bridgehead atoms. The lowest BCUT2D eigenvalue weighted by atomic mass is 9.87. The van der Waals surface area contributed by atoms with Crippen molar-refractivity contribution in [2.45, 2.75) is 52.2 Å². The Bertz CT molecular complexity index is 832. The number of anilines is 1. The fourth-order valence-corrected chi connectivity index (χ4v) is 3.71. The second-order valence-corrected chi connectivity index (χ2v) is 9.46. The third-order valence-corrected chi connectivity index (χ3v) is 5.93. The smallest absolute Gasteiger partial charge is 0.261 e. The SMILES string of the molecule is CC[C@H](Oc1ccc(C(C)(C)C)cc1)C(=O)NCc1ccc(N2CCN(C)CC2)cc1. The van der Waals surface area contributed by atoms with Crippen molar-refractivity contribution in [2.75, 3.05) is 38.1 Å². The molecule has 1 aliphatic rings. The molecule has 3 rings (SSSR count). The van der Waals surface area contributed by atoms with Crippen LogP contribution in [0, 0.1) is 0 Å². The van der Waals surface area contributed by atoms with Crippen LogP contribution in [0.2, 0.25) is 0 Å². The van der Waals surface area contributed by atoms with E-state index in [1.165, 1.54) is 11.3 Å². The number of carbonyl (C=O) groups excluding carboxylic acids is 1. The number of piperazine rings is 1. The summed E-state index contributed by atoms with van der Waals surface area (Å²) in [4.78, 5) is 17.4. The van der Waals surface area contributed by atoms with E-state index in [-0.39, 0.29) is 11.3 Å². The lowest BCUT2D eigenvalue weighted by Crippen LogP contribution is -2.44. The van der Waals surface area contributed by atoms with Crippen molar-refractivity contribution in [3.63, 3.8) is 0 Å². The molecule has 0 aromatic heterocycles. The Kier molecular flexibility index (Phi) is 7.60. The number of ether oxygens (including phenoxy) is 1. The van der Waals surface area contributed by atoms with E-state index in [1.807, 2.05) is 19.1 Å². The van der Waals surface area contributed by atoms with E-state index in [0.717, 1.165) is 37.5 Å². The molecule has 1 saturated heterocycles. The van der Waals surface area contributed by atoms with Crippen LogP contribution in [0.15, 0.2) is 48.5 Å². The zero-order valence-electron chi connectivity index (χ0n) is 19.6. The van der Waals surface area contributed by atoms with Crippen molar-refractivity contribution in [3.8, 4) is 5.75 Å². The molecule has 1 N–H and O–H groups in total. The number of rotatable bonds is 7. The molecule has 0 unspecified atom stereocenters. The van der Waals surface area contributed by atoms with Gasteiger partial charge in [0.1, 0.15) is 5.75 Å². The van der Waals surface area contributed by atoms with Crippen molar-refractivity contribution in [3.05, 3.63) is 59.7 Å². The molecule has 2 aromatic carbocycles. The molecule has 0 saturated carbocycles. The minimum atomic E-state index is -0.495. The summed E-state index contributed by atoms with van der Waals surface area (Å²) in [6.07, 6.45) is 0.125. The number of carbonyl (C=O) groups is 1. The van der Waals surface area contributed by atoms with Gasteiger partial charge in [0.25, 0.3) is 5.91 Å². The molecule has 1 heterocycles. The van der Waals surface area contributed by atoms with Gasteiger partial charge in [0.05, 0.1) is 0 Å². The Morgan fingerprint density at radius 2 is 1.61 bits per heavy atom. The standard InChI is InChI=1S/C26H37N3O2/c1-6-24(31-23-13-9-21(10-14-23)26(2,3)4)25(30)27-19-20-7-11-22(12-8-20)29-17-15-28(5)16-18-29/h7-14,24H,6,15-19H2,1-5H3,(H,27,30)/t24-/m0/s1. The van der Waals surface area contributed by atoms with E-state index in [2.05, 4.69) is 79.3 Å². The molecule has 0 radical (unpaired) electrons. The van der Waals surface area contributed by atoms with Gasteiger partial charge in [0.2, 0.25) is 0 Å². The fraction of sp³-hybridized carbons (Fsp3) is 0.500. The maximum absolute atomic E-state index is 12.7. The second-order valence-electron chi connectivity index (χ2n) is 9.46. The molecule has 5 nitrogen and oxygen atoms in total. The molecule has 1 aliphatic heterocycles. The van der Waals surface area contributed by atoms with Crippen molar-refractivity contribution >= 4 is 11.6 Å². The topological polar surface area (TPSA) is 44.8 Å². The van der Waals surface area contributed by atoms with Gasteiger partial charge in [-0.25, -0.2) is 0 Å². The minimum Gasteiger partial charge on any atom is -0.481 e. The molecular weight excluding hydrogens is 386 g/mol. The molecule has 2 aromatic rings. The zero-order chi connectivity index (χ0) is 22.4. The number of likely N-dealkylation sites (N-methyl/N-ethyl adjacent to an activating group) is 1. The molecule has 0 aliphatic carbocycles. The first kappa shape index (κ1) is 23.1. The first-order valence-electron chi connectivity index (χ1n) is 11.3. The average Bonchev–Trinajstić information content (AvgIpc) is 2.76. The molecule has 1 fully saturated rings. The van der Waals surface area contributed by atoms with Crippen LogP contribution in [0.5, 0.6) is 5.75 Å². The van der Waals surface area contributed by atoms with Gasteiger partial charge in [-0.15, -0.1) is 0 Å². The molecule has 168 valence electrons. The first-order chi connectivity index (χ1) is 14.8. The van der Waals surface area contributed by atoms with Gasteiger partial charge in [-0.3, -0.25) is 4.79 Å². The van der Waals surface area contributed by atoms with Crippen LogP contribution in [0.1, 0.15) is 45.2 Å². The predicted octanol–water partition coefficient (Wildman–Crippen LogP) is 4.21. The highest BCUT2D eigenvalue weighted by Gasteiger charge is 2.19. The first-order valence-corrected chi connectivity index (χ1v) is 11.3. The zero-order valence-corrected chi connectivity index (χ0v) is 19.6. The monoisotopic (exact) mass is 423 g/mol. The van der Waals surface area contributed by atoms with Crippen molar-refractivity contribution in [1.82, 2.24) is 10.2 Å². The summed E-state index contributed by atoms with van der Waals surface area (Å²) < 4.78 is 5.97. The van der Waals surface area contributed by atoms with Crippen LogP contribution in [-0.4, -0.2) is 50.1 Å². The van der Waals surface area contributed by atoms with Crippen molar-refractivity contribution in [2.24, 2.45) is 0 Å². The number of benzene rings is 2. The fourth-order valence-electron chi connectivity index (χ4n) is 3.71. The molecule has 31 heavy (non-hydrogen) atoms. The second kappa shape index (κ2) is 10.2. The number of hydrogen-bond donors (Lipinski definition) is 1. The Labute approximate surface area is 187 Å². The van der Waals surface area contributed by atoms with Gasteiger partial charge >= 0.3 is 0 Å². The van der Waals surface area contributed by atoms with Crippen molar-refractivity contribution < 1.29 is 9.53 Å². The van der Waals surface area contributed by atoms with Gasteiger partial charge in [0.15, 0.2) is 6.10 Å². The number of hydrogen-bond acceptors (Lipinski definition) is 4. The molecule has 5 heteroatoms. The quantitative estimate of drug-likeness (QED) is 0.725. The van der Waals surface area contributed by atoms with Crippen LogP contribution in [0.3, 0.4) is 0 Å². The van der Waals surface area contributed by atoms with E-state index >= 15 is 0 Å². The summed E-state index contributed by atoms with van der Waals surface area (Å²) in [7, 11) is 2.16. The Balaban J connectivity index is 1.51. The van der Waals surface area contributed by atoms with Gasteiger partial charge in [-0.05, 0) is 54.3 Å². The van der Waals surface area contributed by atoms with E-state index < -0.39 is 6.10 Å². The van der Waals surface area contributed by atoms with Crippen LogP contribution >= 0.6 is 0 Å². The molecular formula is C26H37N3O2.